The second-order valence-electron chi connectivity index (χ2n) is 8.21. The van der Waals surface area contributed by atoms with E-state index in [9.17, 15) is 3.32 Å². The van der Waals surface area contributed by atoms with Crippen LogP contribution in [0.1, 0.15) is 79.1 Å². The fourth-order valence-electron chi connectivity index (χ4n) is 4.55. The fourth-order valence-corrected chi connectivity index (χ4v) is 13.0. The molecule has 3 nitrogen and oxygen atoms in total. The van der Waals surface area contributed by atoms with Gasteiger partial charge in [0.2, 0.25) is 0 Å². The zero-order valence-corrected chi connectivity index (χ0v) is 16.8. The van der Waals surface area contributed by atoms with Crippen LogP contribution >= 0.6 is 0 Å². The zero-order chi connectivity index (χ0) is 16.3. The molecule has 0 aliphatic carbocycles. The van der Waals surface area contributed by atoms with Gasteiger partial charge in [0.05, 0.1) is 0 Å². The Morgan fingerprint density at radius 2 is 1.27 bits per heavy atom. The Hall–Kier alpha value is 0.434. The predicted molar refractivity (Wildman–Crippen MR) is 86.7 cm³/mol. The van der Waals surface area contributed by atoms with E-state index >= 15 is 0 Å². The Kier molecular flexibility index (Phi) is 5.75. The molecule has 2 heterocycles. The normalized spacial score (nSPS) is 35.8. The monoisotopic (exact) mass is 348 g/mol. The minimum atomic E-state index is -4.26. The van der Waals surface area contributed by atoms with Crippen LogP contribution in [0.5, 0.6) is 0 Å². The van der Waals surface area contributed by atoms with Gasteiger partial charge in [-0.2, -0.15) is 0 Å². The molecule has 0 atom stereocenters. The first-order valence-electron chi connectivity index (χ1n) is 9.55. The van der Waals surface area contributed by atoms with Crippen molar-refractivity contribution < 1.29 is 26.0 Å². The van der Waals surface area contributed by atoms with Crippen molar-refractivity contribution in [2.45, 2.75) is 88.5 Å². The number of unbranched alkanes of at least 4 members (excludes halogenated alkanes) is 2. The first kappa shape index (κ1) is 18.8. The van der Waals surface area contributed by atoms with Gasteiger partial charge in [0.25, 0.3) is 0 Å². The minimum absolute atomic E-state index is 0.110. The Bertz CT molecular complexity index is 420. The molecule has 0 radical (unpaired) electrons. The molecule has 1 spiro atoms. The van der Waals surface area contributed by atoms with Gasteiger partial charge in [-0.1, -0.05) is 0 Å². The molecular weight excluding hydrogens is 312 g/mol. The predicted octanol–water partition coefficient (Wildman–Crippen LogP) is 5.92. The second-order valence-corrected chi connectivity index (χ2v) is 14.5. The van der Waals surface area contributed by atoms with Gasteiger partial charge in [0, 0.05) is 0 Å². The second kappa shape index (κ2) is 6.74. The fraction of sp³-hybridized carbons (Fsp3) is 1.00. The van der Waals surface area contributed by atoms with Crippen LogP contribution in [0.15, 0.2) is 0 Å². The van der Waals surface area contributed by atoms with Gasteiger partial charge in [-0.05, 0) is 0 Å². The third kappa shape index (κ3) is 3.58. The average molecular weight is 348 g/mol. The topological polar surface area (TPSA) is 35.5 Å². The standard InChI is InChI=1S/C9H18O2.C9H18.O.Ti/c1-3-5-6-9(4-2,7-10)8-11;1-5-7-8-9(3,4)6-2;;/h3-8H2,1-2H3;3-8H2,1-2H3;;/q-2;;;+2. The number of rotatable bonds is 8. The number of hydrogen-bond donors (Lipinski definition) is 0. The quantitative estimate of drug-likeness (QED) is 0.511. The Morgan fingerprint density at radius 1 is 0.818 bits per heavy atom. The van der Waals surface area contributed by atoms with E-state index in [1.54, 1.807) is 0 Å². The maximum atomic E-state index is 13.5. The van der Waals surface area contributed by atoms with Crippen LogP contribution in [0.3, 0.4) is 0 Å². The summed E-state index contributed by atoms with van der Waals surface area (Å²) >= 11 is -4.26. The van der Waals surface area contributed by atoms with Crippen LogP contribution in [0.2, 0.25) is 9.45 Å². The Balaban J connectivity index is 1.99. The molecule has 2 aliphatic rings. The van der Waals surface area contributed by atoms with Crippen molar-refractivity contribution in [3.8, 4) is 0 Å². The van der Waals surface area contributed by atoms with Crippen LogP contribution in [-0.2, 0) is 26.0 Å². The number of hydrogen-bond acceptors (Lipinski definition) is 3. The molecule has 2 saturated heterocycles. The van der Waals surface area contributed by atoms with Gasteiger partial charge in [0.1, 0.15) is 0 Å². The van der Waals surface area contributed by atoms with Gasteiger partial charge < -0.3 is 0 Å². The summed E-state index contributed by atoms with van der Waals surface area (Å²) in [5.41, 5.74) is 0.351. The molecule has 2 rings (SSSR count). The van der Waals surface area contributed by atoms with Crippen LogP contribution in [0.25, 0.3) is 0 Å². The third-order valence-electron chi connectivity index (χ3n) is 6.45. The summed E-state index contributed by atoms with van der Waals surface area (Å²) in [7, 11) is 0. The Morgan fingerprint density at radius 3 is 1.68 bits per heavy atom. The average Bonchev–Trinajstić information content (AvgIpc) is 2.51. The van der Waals surface area contributed by atoms with Crippen LogP contribution in [0.4, 0.5) is 0 Å². The van der Waals surface area contributed by atoms with Crippen molar-refractivity contribution in [3.05, 3.63) is 0 Å². The maximum absolute atomic E-state index is 13.5. The van der Waals surface area contributed by atoms with Gasteiger partial charge in [-0.15, -0.1) is 0 Å². The summed E-state index contributed by atoms with van der Waals surface area (Å²) in [5.74, 6) is 0. The molecule has 0 aromatic carbocycles. The molecule has 2 aliphatic heterocycles. The molecule has 0 saturated carbocycles. The van der Waals surface area contributed by atoms with Gasteiger partial charge in [-0.3, -0.25) is 0 Å². The molecule has 4 heteroatoms. The van der Waals surface area contributed by atoms with Gasteiger partial charge in [-0.25, -0.2) is 0 Å². The van der Waals surface area contributed by atoms with E-state index < -0.39 is 16.1 Å². The van der Waals surface area contributed by atoms with Crippen LogP contribution < -0.4 is 0 Å². The van der Waals surface area contributed by atoms with Crippen molar-refractivity contribution in [1.82, 2.24) is 0 Å². The first-order chi connectivity index (χ1) is 10.4. The van der Waals surface area contributed by atoms with Gasteiger partial charge in [0.15, 0.2) is 0 Å². The summed E-state index contributed by atoms with van der Waals surface area (Å²) < 4.78 is 27.3. The summed E-state index contributed by atoms with van der Waals surface area (Å²) in [5, 5.41) is 0. The van der Waals surface area contributed by atoms with Gasteiger partial charge >= 0.3 is 139 Å². The van der Waals surface area contributed by atoms with E-state index in [0.717, 1.165) is 28.7 Å². The molecule has 22 heavy (non-hydrogen) atoms. The summed E-state index contributed by atoms with van der Waals surface area (Å²) in [4.78, 5) is 0. The summed E-state index contributed by atoms with van der Waals surface area (Å²) in [6, 6.07) is 0. The molecule has 0 N–H and O–H groups in total. The molecule has 130 valence electrons. The summed E-state index contributed by atoms with van der Waals surface area (Å²) in [6.45, 7) is 10.2. The van der Waals surface area contributed by atoms with Crippen LogP contribution in [-0.4, -0.2) is 13.2 Å². The van der Waals surface area contributed by atoms with Crippen molar-refractivity contribution in [1.29, 1.82) is 0 Å². The van der Waals surface area contributed by atoms with Crippen LogP contribution in [0, 0.1) is 10.8 Å². The van der Waals surface area contributed by atoms with E-state index in [1.165, 1.54) is 32.1 Å². The molecule has 0 amide bonds. The van der Waals surface area contributed by atoms with E-state index in [4.69, 9.17) is 6.64 Å². The molecule has 0 aromatic heterocycles. The molecule has 0 aromatic rings. The van der Waals surface area contributed by atoms with Crippen molar-refractivity contribution in [3.63, 3.8) is 0 Å². The summed E-state index contributed by atoms with van der Waals surface area (Å²) in [6.07, 6.45) is 9.33. The molecular formula is C18H36O3Ti. The molecule has 0 bridgehead atoms. The SMILES string of the molecule is CCCCC1(CC)C[O][Ti]2(=[O])([CH2]C(CC)(CCCC)[CH2]2)[O]C1. The van der Waals surface area contributed by atoms with Crippen molar-refractivity contribution in [2.24, 2.45) is 10.8 Å². The first-order valence-corrected chi connectivity index (χ1v) is 13.7. The molecule has 0 unspecified atom stereocenters. The Labute approximate surface area is 138 Å². The van der Waals surface area contributed by atoms with E-state index in [-0.39, 0.29) is 10.8 Å². The van der Waals surface area contributed by atoms with E-state index in [0.29, 0.717) is 13.2 Å². The van der Waals surface area contributed by atoms with E-state index in [1.807, 2.05) is 0 Å². The zero-order valence-electron chi connectivity index (χ0n) is 15.2. The third-order valence-corrected chi connectivity index (χ3v) is 13.4. The van der Waals surface area contributed by atoms with Crippen molar-refractivity contribution in [2.75, 3.05) is 13.2 Å². The van der Waals surface area contributed by atoms with Crippen molar-refractivity contribution >= 4 is 0 Å². The molecule has 2 fully saturated rings. The van der Waals surface area contributed by atoms with E-state index in [2.05, 4.69) is 27.7 Å².